The SMILES string of the molecule is COCCCOc1cc2c(cc1OC)-c1[nH]c(=O)c(C(=O)O)c(OCCOC)c1C(C(C)C)C2. The van der Waals surface area contributed by atoms with Crippen molar-refractivity contribution in [3.05, 3.63) is 39.2 Å². The van der Waals surface area contributed by atoms with Crippen LogP contribution in [0.4, 0.5) is 0 Å². The number of methoxy groups -OCH3 is 3. The van der Waals surface area contributed by atoms with Crippen LogP contribution in [0, 0.1) is 5.92 Å². The fourth-order valence-corrected chi connectivity index (χ4v) is 4.30. The number of H-pyrrole nitrogens is 1. The van der Waals surface area contributed by atoms with E-state index in [9.17, 15) is 14.7 Å². The lowest BCUT2D eigenvalue weighted by atomic mass is 9.75. The molecule has 0 aliphatic heterocycles. The highest BCUT2D eigenvalue weighted by Crippen LogP contribution is 2.49. The minimum atomic E-state index is -1.33. The van der Waals surface area contributed by atoms with Crippen LogP contribution >= 0.6 is 0 Å². The molecule has 1 unspecified atom stereocenters. The lowest BCUT2D eigenvalue weighted by Gasteiger charge is -2.32. The van der Waals surface area contributed by atoms with E-state index >= 15 is 0 Å². The maximum atomic E-state index is 12.9. The predicted molar refractivity (Wildman–Crippen MR) is 127 cm³/mol. The highest BCUT2D eigenvalue weighted by molar-refractivity contribution is 5.93. The van der Waals surface area contributed by atoms with Gasteiger partial charge in [-0.05, 0) is 36.0 Å². The summed E-state index contributed by atoms with van der Waals surface area (Å²) in [6, 6.07) is 3.76. The number of aromatic nitrogens is 1. The number of carboxylic acid groups (broad SMARTS) is 1. The maximum absolute atomic E-state index is 12.9. The molecule has 0 radical (unpaired) electrons. The van der Waals surface area contributed by atoms with Crippen LogP contribution in [-0.2, 0) is 15.9 Å². The van der Waals surface area contributed by atoms with Crippen LogP contribution in [0.5, 0.6) is 17.2 Å². The Kier molecular flexibility index (Phi) is 8.57. The first kappa shape index (κ1) is 25.6. The molecule has 3 rings (SSSR count). The highest BCUT2D eigenvalue weighted by Gasteiger charge is 2.35. The van der Waals surface area contributed by atoms with Crippen LogP contribution in [0.15, 0.2) is 16.9 Å². The molecule has 0 saturated carbocycles. The molecule has 1 aromatic carbocycles. The molecule has 1 aliphatic rings. The average Bonchev–Trinajstić information content (AvgIpc) is 2.80. The summed E-state index contributed by atoms with van der Waals surface area (Å²) in [5.41, 5.74) is 1.87. The minimum Gasteiger partial charge on any atom is -0.493 e. The first-order valence-electron chi connectivity index (χ1n) is 11.3. The van der Waals surface area contributed by atoms with E-state index in [2.05, 4.69) is 18.8 Å². The number of hydrogen-bond acceptors (Lipinski definition) is 7. The molecular weight excluding hydrogens is 442 g/mol. The van der Waals surface area contributed by atoms with E-state index in [4.69, 9.17) is 23.7 Å². The Morgan fingerprint density at radius 1 is 1.06 bits per heavy atom. The molecule has 1 aliphatic carbocycles. The van der Waals surface area contributed by atoms with Crippen LogP contribution in [0.1, 0.15) is 47.7 Å². The third kappa shape index (κ3) is 5.20. The van der Waals surface area contributed by atoms with Gasteiger partial charge in [-0.3, -0.25) is 4.79 Å². The first-order chi connectivity index (χ1) is 16.3. The van der Waals surface area contributed by atoms with Gasteiger partial charge in [0, 0.05) is 38.4 Å². The summed E-state index contributed by atoms with van der Waals surface area (Å²) < 4.78 is 27.5. The Hall–Kier alpha value is -3.04. The van der Waals surface area contributed by atoms with Gasteiger partial charge in [-0.1, -0.05) is 13.8 Å². The highest BCUT2D eigenvalue weighted by atomic mass is 16.5. The molecule has 1 atom stereocenters. The van der Waals surface area contributed by atoms with E-state index in [1.807, 2.05) is 12.1 Å². The number of ether oxygens (including phenoxy) is 5. The zero-order valence-corrected chi connectivity index (χ0v) is 20.4. The molecule has 0 spiro atoms. The lowest BCUT2D eigenvalue weighted by molar-refractivity contribution is 0.0686. The van der Waals surface area contributed by atoms with Gasteiger partial charge in [0.25, 0.3) is 5.56 Å². The van der Waals surface area contributed by atoms with Crippen LogP contribution in [0.2, 0.25) is 0 Å². The van der Waals surface area contributed by atoms with Crippen molar-refractivity contribution in [3.8, 4) is 28.5 Å². The van der Waals surface area contributed by atoms with Gasteiger partial charge in [-0.2, -0.15) is 0 Å². The van der Waals surface area contributed by atoms with Crippen molar-refractivity contribution >= 4 is 5.97 Å². The zero-order chi connectivity index (χ0) is 24.8. The van der Waals surface area contributed by atoms with E-state index in [1.165, 1.54) is 7.11 Å². The maximum Gasteiger partial charge on any atom is 0.345 e. The molecule has 2 aromatic rings. The molecule has 0 bridgehead atoms. The number of fused-ring (bicyclic) bond motifs is 3. The van der Waals surface area contributed by atoms with Gasteiger partial charge in [0.2, 0.25) is 0 Å². The van der Waals surface area contributed by atoms with Crippen molar-refractivity contribution in [1.82, 2.24) is 4.98 Å². The zero-order valence-electron chi connectivity index (χ0n) is 20.4. The van der Waals surface area contributed by atoms with Crippen molar-refractivity contribution in [3.63, 3.8) is 0 Å². The summed E-state index contributed by atoms with van der Waals surface area (Å²) in [6.07, 6.45) is 1.37. The van der Waals surface area contributed by atoms with Crippen molar-refractivity contribution in [2.75, 3.05) is 47.8 Å². The van der Waals surface area contributed by atoms with Crippen LogP contribution in [0.25, 0.3) is 11.3 Å². The molecule has 0 amide bonds. The predicted octanol–water partition coefficient (Wildman–Crippen LogP) is 3.48. The van der Waals surface area contributed by atoms with Crippen molar-refractivity contribution < 1.29 is 33.6 Å². The summed E-state index contributed by atoms with van der Waals surface area (Å²) >= 11 is 0. The summed E-state index contributed by atoms with van der Waals surface area (Å²) in [4.78, 5) is 27.7. The van der Waals surface area contributed by atoms with Gasteiger partial charge in [0.1, 0.15) is 12.4 Å². The molecular formula is C25H33NO8. The second-order valence-electron chi connectivity index (χ2n) is 8.50. The third-order valence-corrected chi connectivity index (χ3v) is 5.98. The molecule has 34 heavy (non-hydrogen) atoms. The first-order valence-corrected chi connectivity index (χ1v) is 11.3. The third-order valence-electron chi connectivity index (χ3n) is 5.98. The topological polar surface area (TPSA) is 116 Å². The molecule has 2 N–H and O–H groups in total. The number of nitrogens with one attached hydrogen (secondary N) is 1. The van der Waals surface area contributed by atoms with E-state index in [1.54, 1.807) is 14.2 Å². The van der Waals surface area contributed by atoms with E-state index in [-0.39, 0.29) is 30.8 Å². The number of hydrogen-bond donors (Lipinski definition) is 2. The molecule has 0 fully saturated rings. The smallest absolute Gasteiger partial charge is 0.345 e. The number of pyridine rings is 1. The Balaban J connectivity index is 2.19. The van der Waals surface area contributed by atoms with Crippen LogP contribution in [0.3, 0.4) is 0 Å². The van der Waals surface area contributed by atoms with Gasteiger partial charge in [-0.15, -0.1) is 0 Å². The van der Waals surface area contributed by atoms with Gasteiger partial charge < -0.3 is 33.8 Å². The normalized spacial score (nSPS) is 14.5. The van der Waals surface area contributed by atoms with Gasteiger partial charge in [0.15, 0.2) is 17.1 Å². The Morgan fingerprint density at radius 3 is 2.41 bits per heavy atom. The standard InChI is InChI=1S/C25H33NO8/c1-14(2)16-11-15-12-19(33-8-6-7-30-3)18(32-5)13-17(15)22-20(16)23(34-10-9-31-4)21(25(28)29)24(27)26-22/h12-14,16H,6-11H2,1-5H3,(H,26,27)(H,28,29). The quantitative estimate of drug-likeness (QED) is 0.448. The van der Waals surface area contributed by atoms with E-state index < -0.39 is 17.1 Å². The van der Waals surface area contributed by atoms with E-state index in [0.717, 1.165) is 17.5 Å². The number of carboxylic acids is 1. The van der Waals surface area contributed by atoms with Crippen molar-refractivity contribution in [2.24, 2.45) is 5.92 Å². The minimum absolute atomic E-state index is 0.0790. The van der Waals surface area contributed by atoms with Crippen molar-refractivity contribution in [2.45, 2.75) is 32.6 Å². The van der Waals surface area contributed by atoms with Crippen molar-refractivity contribution in [1.29, 1.82) is 0 Å². The summed E-state index contributed by atoms with van der Waals surface area (Å²) in [7, 11) is 4.73. The van der Waals surface area contributed by atoms with Crippen LogP contribution < -0.4 is 19.8 Å². The van der Waals surface area contributed by atoms with Gasteiger partial charge in [-0.25, -0.2) is 4.79 Å². The second kappa shape index (κ2) is 11.4. The lowest BCUT2D eigenvalue weighted by Crippen LogP contribution is -2.27. The summed E-state index contributed by atoms with van der Waals surface area (Å²) in [5, 5.41) is 9.79. The fourth-order valence-electron chi connectivity index (χ4n) is 4.30. The number of aromatic amines is 1. The van der Waals surface area contributed by atoms with Crippen LogP contribution in [-0.4, -0.2) is 63.8 Å². The molecule has 9 heteroatoms. The summed E-state index contributed by atoms with van der Waals surface area (Å²) in [5.74, 6) is -0.0182. The fraction of sp³-hybridized carbons (Fsp3) is 0.520. The molecule has 0 saturated heterocycles. The number of carbonyl (C=O) groups is 1. The Labute approximate surface area is 198 Å². The monoisotopic (exact) mass is 475 g/mol. The summed E-state index contributed by atoms with van der Waals surface area (Å²) in [6.45, 7) is 5.59. The second-order valence-corrected chi connectivity index (χ2v) is 8.50. The largest absolute Gasteiger partial charge is 0.493 e. The Bertz CT molecular complexity index is 1080. The number of aromatic carboxylic acids is 1. The van der Waals surface area contributed by atoms with Gasteiger partial charge >= 0.3 is 5.97 Å². The number of rotatable bonds is 12. The van der Waals surface area contributed by atoms with E-state index in [0.29, 0.717) is 42.4 Å². The average molecular weight is 476 g/mol. The molecule has 9 nitrogen and oxygen atoms in total. The Morgan fingerprint density at radius 2 is 1.79 bits per heavy atom. The molecule has 1 heterocycles. The molecule has 1 aromatic heterocycles. The molecule has 186 valence electrons. The number of benzene rings is 1. The van der Waals surface area contributed by atoms with Gasteiger partial charge in [0.05, 0.1) is 26.0 Å².